The lowest BCUT2D eigenvalue weighted by molar-refractivity contribution is 0.387. The van der Waals surface area contributed by atoms with E-state index in [0.29, 0.717) is 10.8 Å². The summed E-state index contributed by atoms with van der Waals surface area (Å²) in [6.07, 6.45) is 0.985. The van der Waals surface area contributed by atoms with Crippen LogP contribution in [0.25, 0.3) is 0 Å². The molecule has 0 aliphatic carbocycles. The van der Waals surface area contributed by atoms with Gasteiger partial charge in [0.1, 0.15) is 0 Å². The van der Waals surface area contributed by atoms with Crippen LogP contribution in [-0.4, -0.2) is 18.8 Å². The lowest BCUT2D eigenvalue weighted by Crippen LogP contribution is -2.28. The van der Waals surface area contributed by atoms with Crippen molar-refractivity contribution in [2.75, 3.05) is 19.0 Å². The van der Waals surface area contributed by atoms with Gasteiger partial charge in [-0.25, -0.2) is 4.39 Å². The van der Waals surface area contributed by atoms with Crippen molar-refractivity contribution in [3.05, 3.63) is 24.0 Å². The Morgan fingerprint density at radius 3 is 2.81 bits per heavy atom. The number of hydrogen-bond acceptors (Lipinski definition) is 2. The van der Waals surface area contributed by atoms with Crippen LogP contribution in [0.4, 0.5) is 10.1 Å². The summed E-state index contributed by atoms with van der Waals surface area (Å²) >= 11 is 5.03. The number of anilines is 1. The smallest absolute Gasteiger partial charge is 0.170 e. The molecule has 0 radical (unpaired) electrons. The molecule has 2 N–H and O–H groups in total. The molecule has 0 saturated heterocycles. The second-order valence-electron chi connectivity index (χ2n) is 3.23. The third-order valence-electron chi connectivity index (χ3n) is 1.95. The van der Waals surface area contributed by atoms with Gasteiger partial charge in [-0.15, -0.1) is 0 Å². The van der Waals surface area contributed by atoms with Gasteiger partial charge in [-0.1, -0.05) is 6.92 Å². The Hall–Kier alpha value is -1.36. The van der Waals surface area contributed by atoms with Crippen molar-refractivity contribution in [3.8, 4) is 5.75 Å². The Bertz CT molecular complexity index is 371. The Labute approximate surface area is 100.0 Å². The second kappa shape index (κ2) is 6.27. The topological polar surface area (TPSA) is 33.3 Å². The number of methoxy groups -OCH3 is 1. The summed E-state index contributed by atoms with van der Waals surface area (Å²) in [4.78, 5) is 0. The zero-order valence-corrected chi connectivity index (χ0v) is 10.2. The van der Waals surface area contributed by atoms with E-state index in [1.165, 1.54) is 13.2 Å². The maximum absolute atomic E-state index is 13.3. The number of thiocarbonyl (C=S) groups is 1. The first-order valence-electron chi connectivity index (χ1n) is 5.05. The van der Waals surface area contributed by atoms with E-state index in [1.807, 2.05) is 6.92 Å². The third kappa shape index (κ3) is 3.66. The van der Waals surface area contributed by atoms with Crippen LogP contribution >= 0.6 is 12.2 Å². The predicted molar refractivity (Wildman–Crippen MR) is 67.5 cm³/mol. The van der Waals surface area contributed by atoms with Gasteiger partial charge in [0.25, 0.3) is 0 Å². The van der Waals surface area contributed by atoms with E-state index in [9.17, 15) is 4.39 Å². The molecule has 0 aliphatic heterocycles. The molecule has 0 aromatic heterocycles. The maximum Gasteiger partial charge on any atom is 0.170 e. The quantitative estimate of drug-likeness (QED) is 0.795. The largest absolute Gasteiger partial charge is 0.494 e. The number of nitrogens with one attached hydrogen (secondary N) is 2. The van der Waals surface area contributed by atoms with Crippen LogP contribution in [0.15, 0.2) is 18.2 Å². The third-order valence-corrected chi connectivity index (χ3v) is 2.19. The summed E-state index contributed by atoms with van der Waals surface area (Å²) in [7, 11) is 1.43. The second-order valence-corrected chi connectivity index (χ2v) is 3.64. The highest BCUT2D eigenvalue weighted by Gasteiger charge is 2.04. The SMILES string of the molecule is CCCNC(=S)Nc1ccc(OC)c(F)c1. The Morgan fingerprint density at radius 2 is 2.25 bits per heavy atom. The fourth-order valence-corrected chi connectivity index (χ4v) is 1.38. The highest BCUT2D eigenvalue weighted by molar-refractivity contribution is 7.80. The first-order chi connectivity index (χ1) is 7.67. The van der Waals surface area contributed by atoms with Gasteiger partial charge in [-0.05, 0) is 30.8 Å². The van der Waals surface area contributed by atoms with E-state index in [-0.39, 0.29) is 5.75 Å². The fraction of sp³-hybridized carbons (Fsp3) is 0.364. The van der Waals surface area contributed by atoms with Crippen molar-refractivity contribution < 1.29 is 9.13 Å². The van der Waals surface area contributed by atoms with Crippen LogP contribution in [0.2, 0.25) is 0 Å². The molecule has 0 heterocycles. The number of hydrogen-bond donors (Lipinski definition) is 2. The number of halogens is 1. The van der Waals surface area contributed by atoms with Crippen LogP contribution in [0.3, 0.4) is 0 Å². The van der Waals surface area contributed by atoms with Crippen LogP contribution in [0.1, 0.15) is 13.3 Å². The summed E-state index contributed by atoms with van der Waals surface area (Å²) in [5.74, 6) is -0.191. The lowest BCUT2D eigenvalue weighted by Gasteiger charge is -2.10. The molecular weight excluding hydrogens is 227 g/mol. The fourth-order valence-electron chi connectivity index (χ4n) is 1.16. The standard InChI is InChI=1S/C11H15FN2OS/c1-3-6-13-11(16)14-8-4-5-10(15-2)9(12)7-8/h4-5,7H,3,6H2,1-2H3,(H2,13,14,16). The minimum absolute atomic E-state index is 0.220. The predicted octanol–water partition coefficient (Wildman–Crippen LogP) is 2.53. The molecule has 0 unspecified atom stereocenters. The monoisotopic (exact) mass is 242 g/mol. The van der Waals surface area contributed by atoms with E-state index >= 15 is 0 Å². The van der Waals surface area contributed by atoms with Gasteiger partial charge < -0.3 is 15.4 Å². The van der Waals surface area contributed by atoms with Crippen LogP contribution in [0, 0.1) is 5.82 Å². The van der Waals surface area contributed by atoms with Gasteiger partial charge in [0.2, 0.25) is 0 Å². The Morgan fingerprint density at radius 1 is 1.50 bits per heavy atom. The first-order valence-corrected chi connectivity index (χ1v) is 5.46. The minimum atomic E-state index is -0.411. The first kappa shape index (κ1) is 12.7. The van der Waals surface area contributed by atoms with E-state index in [1.54, 1.807) is 12.1 Å². The zero-order chi connectivity index (χ0) is 12.0. The minimum Gasteiger partial charge on any atom is -0.494 e. The molecule has 0 atom stereocenters. The van der Waals surface area contributed by atoms with E-state index in [0.717, 1.165) is 13.0 Å². The molecule has 0 fully saturated rings. The number of benzene rings is 1. The van der Waals surface area contributed by atoms with Gasteiger partial charge in [0, 0.05) is 18.3 Å². The Kier molecular flexibility index (Phi) is 4.98. The molecule has 0 aliphatic rings. The number of ether oxygens (including phenoxy) is 1. The molecule has 0 amide bonds. The van der Waals surface area contributed by atoms with Crippen molar-refractivity contribution in [1.29, 1.82) is 0 Å². The lowest BCUT2D eigenvalue weighted by atomic mass is 10.3. The zero-order valence-electron chi connectivity index (χ0n) is 9.34. The van der Waals surface area contributed by atoms with Crippen LogP contribution in [0.5, 0.6) is 5.75 Å². The van der Waals surface area contributed by atoms with Gasteiger partial charge in [0.15, 0.2) is 16.7 Å². The molecule has 0 saturated carbocycles. The summed E-state index contributed by atoms with van der Waals surface area (Å²) in [5.41, 5.74) is 0.604. The van der Waals surface area contributed by atoms with Crippen molar-refractivity contribution in [1.82, 2.24) is 5.32 Å². The van der Waals surface area contributed by atoms with Crippen molar-refractivity contribution >= 4 is 23.0 Å². The normalized spacial score (nSPS) is 9.69. The van der Waals surface area contributed by atoms with E-state index < -0.39 is 5.82 Å². The molecule has 1 rings (SSSR count). The van der Waals surface area contributed by atoms with Crippen LogP contribution < -0.4 is 15.4 Å². The molecular formula is C11H15FN2OS. The average Bonchev–Trinajstić information content (AvgIpc) is 2.26. The molecule has 88 valence electrons. The van der Waals surface area contributed by atoms with Crippen molar-refractivity contribution in [2.45, 2.75) is 13.3 Å². The summed E-state index contributed by atoms with van der Waals surface area (Å²) < 4.78 is 18.1. The molecule has 1 aromatic rings. The summed E-state index contributed by atoms with van der Waals surface area (Å²) in [6, 6.07) is 4.61. The van der Waals surface area contributed by atoms with Crippen molar-refractivity contribution in [3.63, 3.8) is 0 Å². The van der Waals surface area contributed by atoms with Crippen LogP contribution in [-0.2, 0) is 0 Å². The molecule has 0 bridgehead atoms. The average molecular weight is 242 g/mol. The molecule has 16 heavy (non-hydrogen) atoms. The highest BCUT2D eigenvalue weighted by atomic mass is 32.1. The number of rotatable bonds is 4. The van der Waals surface area contributed by atoms with Crippen molar-refractivity contribution in [2.24, 2.45) is 0 Å². The maximum atomic E-state index is 13.3. The highest BCUT2D eigenvalue weighted by Crippen LogP contribution is 2.20. The molecule has 0 spiro atoms. The summed E-state index contributed by atoms with van der Waals surface area (Å²) in [6.45, 7) is 2.84. The van der Waals surface area contributed by atoms with E-state index in [4.69, 9.17) is 17.0 Å². The van der Waals surface area contributed by atoms with Gasteiger partial charge >= 0.3 is 0 Å². The molecule has 5 heteroatoms. The van der Waals surface area contributed by atoms with E-state index in [2.05, 4.69) is 10.6 Å². The van der Waals surface area contributed by atoms with Gasteiger partial charge in [-0.3, -0.25) is 0 Å². The summed E-state index contributed by atoms with van der Waals surface area (Å²) in [5, 5.41) is 6.38. The van der Waals surface area contributed by atoms with Gasteiger partial charge in [0.05, 0.1) is 7.11 Å². The van der Waals surface area contributed by atoms with Gasteiger partial charge in [-0.2, -0.15) is 0 Å². The Balaban J connectivity index is 2.61. The molecule has 1 aromatic carbocycles. The molecule has 3 nitrogen and oxygen atoms in total.